The van der Waals surface area contributed by atoms with Gasteiger partial charge < -0.3 is 9.32 Å². The molecule has 8 aromatic carbocycles. The molecular weight excluding hydrogens is 647 g/mol. The van der Waals surface area contributed by atoms with Gasteiger partial charge in [0.1, 0.15) is 11.2 Å². The summed E-state index contributed by atoms with van der Waals surface area (Å²) < 4.78 is 11.9. The van der Waals surface area contributed by atoms with Crippen LogP contribution in [-0.4, -0.2) is 0 Å². The predicted molar refractivity (Wildman–Crippen MR) is 217 cm³/mol. The Hall–Kier alpha value is -5.94. The second kappa shape index (κ2) is 10.8. The van der Waals surface area contributed by atoms with E-state index in [4.69, 9.17) is 4.42 Å². The molecule has 0 bridgehead atoms. The van der Waals surface area contributed by atoms with Crippen molar-refractivity contribution in [1.29, 1.82) is 0 Å². The number of furan rings is 1. The molecule has 0 amide bonds. The largest absolute Gasteiger partial charge is 0.455 e. The monoisotopic (exact) mass is 673 g/mol. The van der Waals surface area contributed by atoms with Gasteiger partial charge in [-0.3, -0.25) is 0 Å². The summed E-state index contributed by atoms with van der Waals surface area (Å²) in [4.78, 5) is 2.45. The lowest BCUT2D eigenvalue weighted by Crippen LogP contribution is -2.10. The molecule has 0 aliphatic heterocycles. The minimum Gasteiger partial charge on any atom is -0.455 e. The first kappa shape index (κ1) is 28.0. The molecule has 4 heteroatoms. The van der Waals surface area contributed by atoms with Crippen LogP contribution in [0.25, 0.3) is 84.2 Å². The van der Waals surface area contributed by atoms with Gasteiger partial charge in [0.15, 0.2) is 0 Å². The first-order chi connectivity index (χ1) is 24.8. The quantitative estimate of drug-likeness (QED) is 0.185. The Morgan fingerprint density at radius 2 is 1.06 bits per heavy atom. The molecule has 0 saturated carbocycles. The van der Waals surface area contributed by atoms with Crippen LogP contribution in [0.5, 0.6) is 0 Å². The Bertz CT molecular complexity index is 3130. The highest BCUT2D eigenvalue weighted by atomic mass is 32.1. The lowest BCUT2D eigenvalue weighted by Gasteiger charge is -2.27. The molecule has 3 aromatic heterocycles. The van der Waals surface area contributed by atoms with E-state index in [1.54, 1.807) is 0 Å². The SMILES string of the molecule is c1cc(-c2ccc3sc4ccccc4c3c2)cc(N(c2cccc3oc4c5ccccc5ccc4c23)c2cccc3sc4ccccc4c23)c1. The van der Waals surface area contributed by atoms with E-state index in [0.717, 1.165) is 44.4 Å². The minimum absolute atomic E-state index is 0.882. The highest BCUT2D eigenvalue weighted by Gasteiger charge is 2.23. The van der Waals surface area contributed by atoms with Crippen molar-refractivity contribution in [2.45, 2.75) is 0 Å². The van der Waals surface area contributed by atoms with Gasteiger partial charge in [0.05, 0.1) is 16.8 Å². The summed E-state index contributed by atoms with van der Waals surface area (Å²) in [6.07, 6.45) is 0. The Balaban J connectivity index is 1.20. The van der Waals surface area contributed by atoms with E-state index < -0.39 is 0 Å². The van der Waals surface area contributed by atoms with Crippen LogP contribution in [0.4, 0.5) is 17.1 Å². The van der Waals surface area contributed by atoms with Gasteiger partial charge in [-0.05, 0) is 83.2 Å². The van der Waals surface area contributed by atoms with Gasteiger partial charge in [0.2, 0.25) is 0 Å². The molecule has 50 heavy (non-hydrogen) atoms. The lowest BCUT2D eigenvalue weighted by molar-refractivity contribution is 0.672. The summed E-state index contributed by atoms with van der Waals surface area (Å²) in [7, 11) is 0. The van der Waals surface area contributed by atoms with Crippen LogP contribution >= 0.6 is 22.7 Å². The summed E-state index contributed by atoms with van der Waals surface area (Å²) in [5, 5.41) is 9.69. The molecule has 0 fully saturated rings. The molecule has 11 rings (SSSR count). The van der Waals surface area contributed by atoms with Gasteiger partial charge >= 0.3 is 0 Å². The van der Waals surface area contributed by atoms with Crippen molar-refractivity contribution in [2.75, 3.05) is 4.90 Å². The number of hydrogen-bond acceptors (Lipinski definition) is 4. The number of thiophene rings is 2. The van der Waals surface area contributed by atoms with E-state index in [1.165, 1.54) is 56.9 Å². The summed E-state index contributed by atoms with van der Waals surface area (Å²) in [6.45, 7) is 0. The summed E-state index contributed by atoms with van der Waals surface area (Å²) in [5.74, 6) is 0. The summed E-state index contributed by atoms with van der Waals surface area (Å²) in [6, 6.07) is 59.5. The Morgan fingerprint density at radius 3 is 1.96 bits per heavy atom. The van der Waals surface area contributed by atoms with Crippen molar-refractivity contribution in [3.05, 3.63) is 164 Å². The zero-order chi connectivity index (χ0) is 32.8. The Morgan fingerprint density at radius 1 is 0.400 bits per heavy atom. The normalized spacial score (nSPS) is 12.0. The molecule has 0 aliphatic carbocycles. The van der Waals surface area contributed by atoms with Crippen LogP contribution in [-0.2, 0) is 0 Å². The fraction of sp³-hybridized carbons (Fsp3) is 0. The van der Waals surface area contributed by atoms with Crippen LogP contribution in [0, 0.1) is 0 Å². The average Bonchev–Trinajstić information content (AvgIpc) is 3.87. The van der Waals surface area contributed by atoms with E-state index in [9.17, 15) is 0 Å². The third-order valence-corrected chi connectivity index (χ3v) is 12.3. The van der Waals surface area contributed by atoms with Gasteiger partial charge in [-0.15, -0.1) is 22.7 Å². The van der Waals surface area contributed by atoms with E-state index in [1.807, 2.05) is 22.7 Å². The van der Waals surface area contributed by atoms with E-state index in [-0.39, 0.29) is 0 Å². The Labute approximate surface area is 295 Å². The van der Waals surface area contributed by atoms with Crippen LogP contribution < -0.4 is 4.90 Å². The molecule has 2 nitrogen and oxygen atoms in total. The number of anilines is 3. The topological polar surface area (TPSA) is 16.4 Å². The van der Waals surface area contributed by atoms with E-state index in [2.05, 4.69) is 169 Å². The molecule has 0 atom stereocenters. The first-order valence-corrected chi connectivity index (χ1v) is 18.5. The standard InChI is InChI=1S/C46H27NOS2/c1-2-13-32-28(10-1)22-24-35-44-37(16-8-18-39(44)48-46(32)35)47(38-17-9-21-43-45(38)34-15-4-6-20-41(34)50-43)31-12-7-11-29(26-31)30-23-25-42-36(27-30)33-14-3-5-19-40(33)49-42/h1-27H. The smallest absolute Gasteiger partial charge is 0.143 e. The first-order valence-electron chi connectivity index (χ1n) is 16.8. The van der Waals surface area contributed by atoms with Crippen molar-refractivity contribution in [3.8, 4) is 11.1 Å². The second-order valence-corrected chi connectivity index (χ2v) is 15.0. The molecule has 3 heterocycles. The number of hydrogen-bond donors (Lipinski definition) is 0. The zero-order valence-electron chi connectivity index (χ0n) is 26.8. The molecule has 0 radical (unpaired) electrons. The molecular formula is C46H27NOS2. The molecule has 0 unspecified atom stereocenters. The van der Waals surface area contributed by atoms with E-state index >= 15 is 0 Å². The average molecular weight is 674 g/mol. The maximum absolute atomic E-state index is 6.71. The van der Waals surface area contributed by atoms with Crippen molar-refractivity contribution in [3.63, 3.8) is 0 Å². The third kappa shape index (κ3) is 4.13. The van der Waals surface area contributed by atoms with Crippen LogP contribution in [0.15, 0.2) is 168 Å². The van der Waals surface area contributed by atoms with Gasteiger partial charge in [-0.25, -0.2) is 0 Å². The van der Waals surface area contributed by atoms with Crippen LogP contribution in [0.1, 0.15) is 0 Å². The van der Waals surface area contributed by atoms with Crippen molar-refractivity contribution >= 4 is 113 Å². The number of nitrogens with zero attached hydrogens (tertiary/aromatic N) is 1. The maximum Gasteiger partial charge on any atom is 0.143 e. The van der Waals surface area contributed by atoms with Gasteiger partial charge in [0.25, 0.3) is 0 Å². The molecule has 234 valence electrons. The number of fused-ring (bicyclic) bond motifs is 11. The maximum atomic E-state index is 6.71. The Kier molecular flexibility index (Phi) is 6.03. The van der Waals surface area contributed by atoms with Crippen molar-refractivity contribution in [1.82, 2.24) is 0 Å². The van der Waals surface area contributed by atoms with Gasteiger partial charge in [0, 0.05) is 56.8 Å². The van der Waals surface area contributed by atoms with Crippen LogP contribution in [0.3, 0.4) is 0 Å². The molecule has 0 aliphatic rings. The van der Waals surface area contributed by atoms with Crippen LogP contribution in [0.2, 0.25) is 0 Å². The zero-order valence-corrected chi connectivity index (χ0v) is 28.4. The van der Waals surface area contributed by atoms with Crippen molar-refractivity contribution in [2.24, 2.45) is 0 Å². The minimum atomic E-state index is 0.882. The third-order valence-electron chi connectivity index (χ3n) is 10.0. The van der Waals surface area contributed by atoms with Gasteiger partial charge in [-0.2, -0.15) is 0 Å². The lowest BCUT2D eigenvalue weighted by atomic mass is 10.0. The number of rotatable bonds is 4. The molecule has 0 spiro atoms. The molecule has 0 saturated heterocycles. The summed E-state index contributed by atoms with van der Waals surface area (Å²) in [5.41, 5.74) is 7.54. The highest BCUT2D eigenvalue weighted by Crippen LogP contribution is 2.49. The number of benzene rings is 8. The molecule has 11 aromatic rings. The van der Waals surface area contributed by atoms with Gasteiger partial charge in [-0.1, -0.05) is 97.1 Å². The highest BCUT2D eigenvalue weighted by molar-refractivity contribution is 7.26. The second-order valence-electron chi connectivity index (χ2n) is 12.9. The van der Waals surface area contributed by atoms with Crippen molar-refractivity contribution < 1.29 is 4.42 Å². The predicted octanol–water partition coefficient (Wildman–Crippen LogP) is 14.6. The summed E-state index contributed by atoms with van der Waals surface area (Å²) >= 11 is 3.71. The fourth-order valence-electron chi connectivity index (χ4n) is 7.80. The van der Waals surface area contributed by atoms with E-state index in [0.29, 0.717) is 0 Å². The fourth-order valence-corrected chi connectivity index (χ4v) is 10.0. The molecule has 0 N–H and O–H groups in total.